The van der Waals surface area contributed by atoms with Crippen LogP contribution in [0.4, 0.5) is 5.69 Å². The summed E-state index contributed by atoms with van der Waals surface area (Å²) >= 11 is 5.62. The molecule has 1 heterocycles. The van der Waals surface area contributed by atoms with Gasteiger partial charge >= 0.3 is 0 Å². The van der Waals surface area contributed by atoms with Gasteiger partial charge in [0.2, 0.25) is 0 Å². The van der Waals surface area contributed by atoms with Crippen LogP contribution in [0.5, 0.6) is 0 Å². The number of alkyl halides is 1. The molecule has 1 aliphatic heterocycles. The first-order valence-electron chi connectivity index (χ1n) is 3.73. The van der Waals surface area contributed by atoms with Gasteiger partial charge in [0.1, 0.15) is 6.10 Å². The van der Waals surface area contributed by atoms with Gasteiger partial charge in [-0.05, 0) is 6.07 Å². The molecule has 0 saturated carbocycles. The molecule has 1 saturated heterocycles. The maximum Gasteiger partial charge on any atom is 0.275 e. The second kappa shape index (κ2) is 2.97. The van der Waals surface area contributed by atoms with E-state index >= 15 is 0 Å². The smallest absolute Gasteiger partial charge is 0.275 e. The van der Waals surface area contributed by atoms with E-state index in [1.165, 1.54) is 6.07 Å². The van der Waals surface area contributed by atoms with E-state index in [9.17, 15) is 10.1 Å². The van der Waals surface area contributed by atoms with Gasteiger partial charge in [-0.25, -0.2) is 0 Å². The highest BCUT2D eigenvalue weighted by atomic mass is 35.5. The number of benzene rings is 1. The SMILES string of the molecule is O=[N+]([O-])c1ccccc1C1OC1Cl. The summed E-state index contributed by atoms with van der Waals surface area (Å²) in [6.45, 7) is 0. The Bertz CT molecular complexity index is 355. The van der Waals surface area contributed by atoms with Gasteiger partial charge in [-0.1, -0.05) is 23.7 Å². The van der Waals surface area contributed by atoms with Crippen molar-refractivity contribution in [3.05, 3.63) is 39.9 Å². The molecule has 0 amide bonds. The van der Waals surface area contributed by atoms with Gasteiger partial charge in [0.15, 0.2) is 5.56 Å². The summed E-state index contributed by atoms with van der Waals surface area (Å²) in [7, 11) is 0. The topological polar surface area (TPSA) is 55.7 Å². The van der Waals surface area contributed by atoms with E-state index in [0.29, 0.717) is 5.56 Å². The number of para-hydroxylation sites is 1. The van der Waals surface area contributed by atoms with Crippen molar-refractivity contribution in [2.75, 3.05) is 0 Å². The third-order valence-corrected chi connectivity index (χ3v) is 2.21. The average molecular weight is 200 g/mol. The zero-order chi connectivity index (χ0) is 9.42. The Morgan fingerprint density at radius 1 is 1.46 bits per heavy atom. The van der Waals surface area contributed by atoms with Crippen LogP contribution in [-0.4, -0.2) is 10.5 Å². The molecular weight excluding hydrogens is 194 g/mol. The molecule has 0 radical (unpaired) electrons. The Hall–Kier alpha value is -1.13. The van der Waals surface area contributed by atoms with Gasteiger partial charge in [0, 0.05) is 6.07 Å². The fraction of sp³-hybridized carbons (Fsp3) is 0.250. The van der Waals surface area contributed by atoms with E-state index in [1.807, 2.05) is 0 Å². The first kappa shape index (κ1) is 8.47. The van der Waals surface area contributed by atoms with Crippen LogP contribution in [0.1, 0.15) is 11.7 Å². The summed E-state index contributed by atoms with van der Waals surface area (Å²) in [4.78, 5) is 10.1. The van der Waals surface area contributed by atoms with Gasteiger partial charge < -0.3 is 4.74 Å². The minimum absolute atomic E-state index is 0.0654. The Morgan fingerprint density at radius 2 is 2.08 bits per heavy atom. The predicted octanol–water partition coefficient (Wildman–Crippen LogP) is 2.23. The molecular formula is C8H6ClNO3. The first-order valence-corrected chi connectivity index (χ1v) is 4.16. The highest BCUT2D eigenvalue weighted by Crippen LogP contribution is 2.44. The summed E-state index contributed by atoms with van der Waals surface area (Å²) in [6.07, 6.45) is -0.316. The predicted molar refractivity (Wildman–Crippen MR) is 46.6 cm³/mol. The number of nitro benzene ring substituents is 1. The molecule has 68 valence electrons. The van der Waals surface area contributed by atoms with Crippen molar-refractivity contribution in [2.24, 2.45) is 0 Å². The van der Waals surface area contributed by atoms with Crippen molar-refractivity contribution >= 4 is 17.3 Å². The van der Waals surface area contributed by atoms with Crippen LogP contribution < -0.4 is 0 Å². The fourth-order valence-corrected chi connectivity index (χ4v) is 1.45. The second-order valence-corrected chi connectivity index (χ2v) is 3.15. The molecule has 2 rings (SSSR count). The van der Waals surface area contributed by atoms with E-state index in [-0.39, 0.29) is 11.8 Å². The third-order valence-electron chi connectivity index (χ3n) is 1.88. The Kier molecular flexibility index (Phi) is 1.94. The van der Waals surface area contributed by atoms with Gasteiger partial charge in [-0.3, -0.25) is 10.1 Å². The average Bonchev–Trinajstić information content (AvgIpc) is 2.82. The van der Waals surface area contributed by atoms with Crippen LogP contribution >= 0.6 is 11.6 Å². The molecule has 1 fully saturated rings. The van der Waals surface area contributed by atoms with Crippen LogP contribution in [0.25, 0.3) is 0 Å². The Morgan fingerprint density at radius 3 is 2.62 bits per heavy atom. The van der Waals surface area contributed by atoms with E-state index in [0.717, 1.165) is 0 Å². The Labute approximate surface area is 79.2 Å². The van der Waals surface area contributed by atoms with Crippen molar-refractivity contribution in [1.29, 1.82) is 0 Å². The largest absolute Gasteiger partial charge is 0.347 e. The van der Waals surface area contributed by atoms with Crippen LogP contribution in [0.2, 0.25) is 0 Å². The molecule has 0 aromatic heterocycles. The molecule has 2 unspecified atom stereocenters. The van der Waals surface area contributed by atoms with Crippen molar-refractivity contribution in [3.63, 3.8) is 0 Å². The molecule has 4 nitrogen and oxygen atoms in total. The van der Waals surface area contributed by atoms with Gasteiger partial charge in [0.25, 0.3) is 5.69 Å². The van der Waals surface area contributed by atoms with Crippen molar-refractivity contribution < 1.29 is 9.66 Å². The fourth-order valence-electron chi connectivity index (χ4n) is 1.20. The van der Waals surface area contributed by atoms with Crippen molar-refractivity contribution in [3.8, 4) is 0 Å². The second-order valence-electron chi connectivity index (χ2n) is 2.72. The molecule has 0 spiro atoms. The standard InChI is InChI=1S/C8H6ClNO3/c9-8-7(13-8)5-3-1-2-4-6(5)10(11)12/h1-4,7-8H. The molecule has 2 atom stereocenters. The monoisotopic (exact) mass is 199 g/mol. The molecule has 0 bridgehead atoms. The number of epoxide rings is 1. The molecule has 1 aromatic rings. The summed E-state index contributed by atoms with van der Waals surface area (Å²) in [5.74, 6) is 0. The minimum atomic E-state index is -0.430. The lowest BCUT2D eigenvalue weighted by Gasteiger charge is -1.96. The normalized spacial score (nSPS) is 25.6. The summed E-state index contributed by atoms with van der Waals surface area (Å²) < 4.78 is 4.95. The summed E-state index contributed by atoms with van der Waals surface area (Å²) in [6, 6.07) is 6.45. The highest BCUT2D eigenvalue weighted by Gasteiger charge is 2.42. The minimum Gasteiger partial charge on any atom is -0.347 e. The van der Waals surface area contributed by atoms with Gasteiger partial charge in [-0.15, -0.1) is 0 Å². The van der Waals surface area contributed by atoms with Crippen molar-refractivity contribution in [2.45, 2.75) is 11.7 Å². The van der Waals surface area contributed by atoms with Crippen LogP contribution in [-0.2, 0) is 4.74 Å². The third kappa shape index (κ3) is 1.50. The number of rotatable bonds is 2. The number of ether oxygens (including phenoxy) is 1. The van der Waals surface area contributed by atoms with Crippen LogP contribution in [0.3, 0.4) is 0 Å². The maximum atomic E-state index is 10.6. The maximum absolute atomic E-state index is 10.6. The highest BCUT2D eigenvalue weighted by molar-refractivity contribution is 6.21. The lowest BCUT2D eigenvalue weighted by molar-refractivity contribution is -0.385. The number of halogens is 1. The molecule has 13 heavy (non-hydrogen) atoms. The zero-order valence-corrected chi connectivity index (χ0v) is 7.27. The molecule has 1 aliphatic rings. The molecule has 0 N–H and O–H groups in total. The van der Waals surface area contributed by atoms with E-state index < -0.39 is 10.5 Å². The Balaban J connectivity index is 2.38. The van der Waals surface area contributed by atoms with Gasteiger partial charge in [-0.2, -0.15) is 0 Å². The van der Waals surface area contributed by atoms with E-state index in [2.05, 4.69) is 0 Å². The van der Waals surface area contributed by atoms with Crippen LogP contribution in [0, 0.1) is 10.1 Å². The number of nitro groups is 1. The van der Waals surface area contributed by atoms with E-state index in [4.69, 9.17) is 16.3 Å². The molecule has 1 aromatic carbocycles. The zero-order valence-electron chi connectivity index (χ0n) is 6.51. The molecule has 5 heteroatoms. The van der Waals surface area contributed by atoms with Crippen molar-refractivity contribution in [1.82, 2.24) is 0 Å². The van der Waals surface area contributed by atoms with E-state index in [1.54, 1.807) is 18.2 Å². The number of hydrogen-bond acceptors (Lipinski definition) is 3. The summed E-state index contributed by atoms with van der Waals surface area (Å²) in [5.41, 5.74) is 0.198. The summed E-state index contributed by atoms with van der Waals surface area (Å²) in [5, 5.41) is 10.6. The number of hydrogen-bond donors (Lipinski definition) is 0. The lowest BCUT2D eigenvalue weighted by Crippen LogP contribution is -1.94. The quantitative estimate of drug-likeness (QED) is 0.318. The molecule has 0 aliphatic carbocycles. The first-order chi connectivity index (χ1) is 6.20. The van der Waals surface area contributed by atoms with Crippen LogP contribution in [0.15, 0.2) is 24.3 Å². The number of nitrogens with zero attached hydrogens (tertiary/aromatic N) is 1. The lowest BCUT2D eigenvalue weighted by atomic mass is 10.1. The van der Waals surface area contributed by atoms with Gasteiger partial charge in [0.05, 0.1) is 10.5 Å².